The van der Waals surface area contributed by atoms with E-state index in [0.717, 1.165) is 42.0 Å². The standard InChI is InChI=1S/C20H27NO3S/c1-5-6-17-15(7-8-19(23-3)20(17)24-4)9-10-21-18(12-22)16-11-14(2)25-13-16/h5,7-8,11,13,18,21-22H,1,6,9-10,12H2,2-4H3. The molecule has 2 N–H and O–H groups in total. The Bertz CT molecular complexity index is 696. The molecule has 1 atom stereocenters. The van der Waals surface area contributed by atoms with E-state index in [1.807, 2.05) is 12.1 Å². The Morgan fingerprint density at radius 3 is 2.68 bits per heavy atom. The van der Waals surface area contributed by atoms with E-state index in [4.69, 9.17) is 9.47 Å². The summed E-state index contributed by atoms with van der Waals surface area (Å²) in [5, 5.41) is 15.2. The van der Waals surface area contributed by atoms with Gasteiger partial charge in [-0.1, -0.05) is 12.1 Å². The number of nitrogens with one attached hydrogen (secondary N) is 1. The highest BCUT2D eigenvalue weighted by Crippen LogP contribution is 2.34. The van der Waals surface area contributed by atoms with E-state index in [-0.39, 0.29) is 12.6 Å². The monoisotopic (exact) mass is 361 g/mol. The van der Waals surface area contributed by atoms with Gasteiger partial charge in [0, 0.05) is 10.4 Å². The highest BCUT2D eigenvalue weighted by atomic mass is 32.1. The zero-order valence-electron chi connectivity index (χ0n) is 15.2. The van der Waals surface area contributed by atoms with Crippen LogP contribution >= 0.6 is 11.3 Å². The van der Waals surface area contributed by atoms with Crippen molar-refractivity contribution in [3.05, 3.63) is 57.8 Å². The van der Waals surface area contributed by atoms with E-state index in [2.05, 4.69) is 36.3 Å². The van der Waals surface area contributed by atoms with E-state index < -0.39 is 0 Å². The molecule has 25 heavy (non-hydrogen) atoms. The van der Waals surface area contributed by atoms with Gasteiger partial charge >= 0.3 is 0 Å². The van der Waals surface area contributed by atoms with Crippen molar-refractivity contribution in [2.75, 3.05) is 27.4 Å². The molecule has 0 aliphatic carbocycles. The minimum Gasteiger partial charge on any atom is -0.493 e. The molecule has 1 heterocycles. The number of methoxy groups -OCH3 is 2. The predicted molar refractivity (Wildman–Crippen MR) is 104 cm³/mol. The van der Waals surface area contributed by atoms with Crippen LogP contribution in [0.2, 0.25) is 0 Å². The fraction of sp³-hybridized carbons (Fsp3) is 0.400. The van der Waals surface area contributed by atoms with Crippen LogP contribution in [0.4, 0.5) is 0 Å². The quantitative estimate of drug-likeness (QED) is 0.634. The van der Waals surface area contributed by atoms with Crippen LogP contribution in [0.5, 0.6) is 11.5 Å². The van der Waals surface area contributed by atoms with Crippen molar-refractivity contribution in [1.29, 1.82) is 0 Å². The van der Waals surface area contributed by atoms with Gasteiger partial charge in [-0.15, -0.1) is 17.9 Å². The van der Waals surface area contributed by atoms with Crippen molar-refractivity contribution in [3.63, 3.8) is 0 Å². The topological polar surface area (TPSA) is 50.7 Å². The second-order valence-electron chi connectivity index (χ2n) is 5.86. The maximum Gasteiger partial charge on any atom is 0.164 e. The van der Waals surface area contributed by atoms with Crippen LogP contribution in [-0.2, 0) is 12.8 Å². The van der Waals surface area contributed by atoms with Crippen LogP contribution in [0.3, 0.4) is 0 Å². The number of aryl methyl sites for hydroxylation is 1. The van der Waals surface area contributed by atoms with Gasteiger partial charge in [-0.3, -0.25) is 0 Å². The molecule has 0 aliphatic rings. The number of ether oxygens (including phenoxy) is 2. The Labute approximate surface area is 154 Å². The highest BCUT2D eigenvalue weighted by Gasteiger charge is 2.15. The molecule has 5 heteroatoms. The summed E-state index contributed by atoms with van der Waals surface area (Å²) in [6.07, 6.45) is 3.44. The number of allylic oxidation sites excluding steroid dienone is 1. The SMILES string of the molecule is C=CCc1c(CCNC(CO)c2csc(C)c2)ccc(OC)c1OC. The molecule has 0 radical (unpaired) electrons. The number of thiophene rings is 1. The van der Waals surface area contributed by atoms with Gasteiger partial charge in [-0.25, -0.2) is 0 Å². The summed E-state index contributed by atoms with van der Waals surface area (Å²) in [6, 6.07) is 6.10. The van der Waals surface area contributed by atoms with Crippen LogP contribution in [0.25, 0.3) is 0 Å². The lowest BCUT2D eigenvalue weighted by atomic mass is 9.99. The van der Waals surface area contributed by atoms with Gasteiger partial charge in [-0.05, 0) is 54.9 Å². The molecule has 1 unspecified atom stereocenters. The average Bonchev–Trinajstić information content (AvgIpc) is 3.05. The van der Waals surface area contributed by atoms with E-state index in [1.54, 1.807) is 25.6 Å². The van der Waals surface area contributed by atoms with Gasteiger partial charge in [0.1, 0.15) is 0 Å². The summed E-state index contributed by atoms with van der Waals surface area (Å²) in [7, 11) is 3.30. The molecule has 136 valence electrons. The molecule has 0 bridgehead atoms. The summed E-state index contributed by atoms with van der Waals surface area (Å²) < 4.78 is 10.9. The van der Waals surface area contributed by atoms with Crippen molar-refractivity contribution < 1.29 is 14.6 Å². The Kier molecular flexibility index (Phi) is 7.50. The second-order valence-corrected chi connectivity index (χ2v) is 6.98. The normalized spacial score (nSPS) is 12.0. The Morgan fingerprint density at radius 2 is 2.12 bits per heavy atom. The minimum atomic E-state index is -0.0343. The molecule has 2 aromatic rings. The molecular formula is C20H27NO3S. The molecule has 1 aromatic carbocycles. The maximum atomic E-state index is 9.67. The van der Waals surface area contributed by atoms with Crippen molar-refractivity contribution in [1.82, 2.24) is 5.32 Å². The molecule has 0 saturated carbocycles. The van der Waals surface area contributed by atoms with Crippen LogP contribution in [-0.4, -0.2) is 32.5 Å². The third-order valence-electron chi connectivity index (χ3n) is 4.21. The van der Waals surface area contributed by atoms with Crippen LogP contribution < -0.4 is 14.8 Å². The first-order chi connectivity index (χ1) is 12.1. The Hall–Kier alpha value is -1.82. The second kappa shape index (κ2) is 9.61. The number of benzene rings is 1. The number of hydrogen-bond acceptors (Lipinski definition) is 5. The zero-order valence-corrected chi connectivity index (χ0v) is 16.0. The molecule has 4 nitrogen and oxygen atoms in total. The number of aliphatic hydroxyl groups is 1. The summed E-state index contributed by atoms with van der Waals surface area (Å²) in [4.78, 5) is 1.25. The van der Waals surface area contributed by atoms with Crippen molar-refractivity contribution >= 4 is 11.3 Å². The van der Waals surface area contributed by atoms with Crippen LogP contribution in [0.15, 0.2) is 36.2 Å². The van der Waals surface area contributed by atoms with Gasteiger partial charge in [0.25, 0.3) is 0 Å². The molecule has 0 spiro atoms. The summed E-state index contributed by atoms with van der Waals surface area (Å²) in [5.74, 6) is 1.50. The highest BCUT2D eigenvalue weighted by molar-refractivity contribution is 7.10. The third kappa shape index (κ3) is 4.84. The average molecular weight is 362 g/mol. The summed E-state index contributed by atoms with van der Waals surface area (Å²) in [6.45, 7) is 6.77. The van der Waals surface area contributed by atoms with Crippen LogP contribution in [0.1, 0.15) is 27.6 Å². The number of hydrogen-bond donors (Lipinski definition) is 2. The predicted octanol–water partition coefficient (Wildman–Crippen LogP) is 3.67. The number of aliphatic hydroxyl groups excluding tert-OH is 1. The minimum absolute atomic E-state index is 0.0343. The van der Waals surface area contributed by atoms with Crippen molar-refractivity contribution in [2.45, 2.75) is 25.8 Å². The smallest absolute Gasteiger partial charge is 0.164 e. The molecule has 0 saturated heterocycles. The molecule has 1 aromatic heterocycles. The lowest BCUT2D eigenvalue weighted by Gasteiger charge is -2.18. The van der Waals surface area contributed by atoms with Crippen molar-refractivity contribution in [3.8, 4) is 11.5 Å². The fourth-order valence-corrected chi connectivity index (χ4v) is 3.71. The van der Waals surface area contributed by atoms with Crippen molar-refractivity contribution in [2.24, 2.45) is 0 Å². The van der Waals surface area contributed by atoms with E-state index in [0.29, 0.717) is 0 Å². The first-order valence-electron chi connectivity index (χ1n) is 8.37. The van der Waals surface area contributed by atoms with Gasteiger partial charge in [0.15, 0.2) is 11.5 Å². The molecule has 2 rings (SSSR count). The van der Waals surface area contributed by atoms with Gasteiger partial charge in [0.05, 0.1) is 26.9 Å². The first kappa shape index (κ1) is 19.5. The molecule has 0 fully saturated rings. The van der Waals surface area contributed by atoms with E-state index in [9.17, 15) is 5.11 Å². The number of rotatable bonds is 10. The van der Waals surface area contributed by atoms with Gasteiger partial charge in [-0.2, -0.15) is 0 Å². The summed E-state index contributed by atoms with van der Waals surface area (Å²) in [5.41, 5.74) is 3.44. The fourth-order valence-electron chi connectivity index (χ4n) is 2.95. The molecule has 0 amide bonds. The van der Waals surface area contributed by atoms with Crippen LogP contribution in [0, 0.1) is 6.92 Å². The Morgan fingerprint density at radius 1 is 1.32 bits per heavy atom. The lowest BCUT2D eigenvalue weighted by molar-refractivity contribution is 0.245. The summed E-state index contributed by atoms with van der Waals surface area (Å²) >= 11 is 1.70. The zero-order chi connectivity index (χ0) is 18.2. The largest absolute Gasteiger partial charge is 0.493 e. The molecular weight excluding hydrogens is 334 g/mol. The van der Waals surface area contributed by atoms with Gasteiger partial charge in [0.2, 0.25) is 0 Å². The van der Waals surface area contributed by atoms with Gasteiger partial charge < -0.3 is 19.9 Å². The Balaban J connectivity index is 2.10. The maximum absolute atomic E-state index is 9.67. The van der Waals surface area contributed by atoms with E-state index >= 15 is 0 Å². The third-order valence-corrected chi connectivity index (χ3v) is 5.09. The van der Waals surface area contributed by atoms with E-state index in [1.165, 1.54) is 10.4 Å². The first-order valence-corrected chi connectivity index (χ1v) is 9.25. The lowest BCUT2D eigenvalue weighted by Crippen LogP contribution is -2.26. The molecule has 0 aliphatic heterocycles.